The molecule has 2 fully saturated rings. The zero-order chi connectivity index (χ0) is 15.9. The fourth-order valence-electron chi connectivity index (χ4n) is 3.36. The molecule has 1 aromatic rings. The van der Waals surface area contributed by atoms with E-state index in [9.17, 15) is 9.59 Å². The van der Waals surface area contributed by atoms with Crippen molar-refractivity contribution in [2.45, 2.75) is 38.5 Å². The first-order valence-electron chi connectivity index (χ1n) is 8.09. The van der Waals surface area contributed by atoms with Crippen LogP contribution in [0.4, 0.5) is 0 Å². The molecule has 1 N–H and O–H groups in total. The van der Waals surface area contributed by atoms with Gasteiger partial charge in [-0.15, -0.1) is 0 Å². The van der Waals surface area contributed by atoms with Crippen LogP contribution in [-0.4, -0.2) is 35.0 Å². The van der Waals surface area contributed by atoms with Crippen molar-refractivity contribution in [3.05, 3.63) is 35.4 Å². The number of carboxylic acids is 1. The summed E-state index contributed by atoms with van der Waals surface area (Å²) in [6, 6.07) is 8.57. The SMILES string of the molecule is CC(C)c1ccc(C2CC2C(=O)N2CCC(C(=O)O)C2)cc1. The van der Waals surface area contributed by atoms with Crippen LogP contribution < -0.4 is 0 Å². The molecule has 1 aliphatic heterocycles. The van der Waals surface area contributed by atoms with Crippen LogP contribution in [0.1, 0.15) is 49.7 Å². The highest BCUT2D eigenvalue weighted by Crippen LogP contribution is 2.49. The highest BCUT2D eigenvalue weighted by Gasteiger charge is 2.47. The number of likely N-dealkylation sites (tertiary alicyclic amines) is 1. The molecule has 1 aliphatic carbocycles. The second kappa shape index (κ2) is 5.75. The molecule has 1 amide bonds. The average Bonchev–Trinajstić information content (AvgIpc) is 3.14. The number of nitrogens with zero attached hydrogens (tertiary/aromatic N) is 1. The molecule has 0 bridgehead atoms. The molecular weight excluding hydrogens is 278 g/mol. The molecule has 1 heterocycles. The number of carbonyl (C=O) groups excluding carboxylic acids is 1. The Bertz CT molecular complexity index is 578. The average molecular weight is 301 g/mol. The summed E-state index contributed by atoms with van der Waals surface area (Å²) in [6.45, 7) is 5.31. The van der Waals surface area contributed by atoms with Crippen LogP contribution in [0, 0.1) is 11.8 Å². The van der Waals surface area contributed by atoms with Gasteiger partial charge in [-0.2, -0.15) is 0 Å². The van der Waals surface area contributed by atoms with Gasteiger partial charge < -0.3 is 10.0 Å². The van der Waals surface area contributed by atoms with Gasteiger partial charge in [0, 0.05) is 19.0 Å². The Hall–Kier alpha value is -1.84. The van der Waals surface area contributed by atoms with Gasteiger partial charge >= 0.3 is 5.97 Å². The second-order valence-electron chi connectivity index (χ2n) is 6.88. The van der Waals surface area contributed by atoms with Crippen molar-refractivity contribution in [1.82, 2.24) is 4.90 Å². The summed E-state index contributed by atoms with van der Waals surface area (Å²) in [6.07, 6.45) is 1.48. The van der Waals surface area contributed by atoms with Crippen molar-refractivity contribution in [2.24, 2.45) is 11.8 Å². The van der Waals surface area contributed by atoms with E-state index in [2.05, 4.69) is 38.1 Å². The fourth-order valence-corrected chi connectivity index (χ4v) is 3.36. The molecule has 118 valence electrons. The van der Waals surface area contributed by atoms with Crippen LogP contribution in [0.25, 0.3) is 0 Å². The van der Waals surface area contributed by atoms with Gasteiger partial charge in [0.15, 0.2) is 0 Å². The molecule has 3 rings (SSSR count). The molecule has 3 atom stereocenters. The minimum Gasteiger partial charge on any atom is -0.481 e. The smallest absolute Gasteiger partial charge is 0.308 e. The molecule has 4 nitrogen and oxygen atoms in total. The largest absolute Gasteiger partial charge is 0.481 e. The van der Waals surface area contributed by atoms with Gasteiger partial charge in [-0.3, -0.25) is 9.59 Å². The predicted octanol–water partition coefficient (Wildman–Crippen LogP) is 2.85. The lowest BCUT2D eigenvalue weighted by molar-refractivity contribution is -0.141. The van der Waals surface area contributed by atoms with Crippen LogP contribution in [0.5, 0.6) is 0 Å². The van der Waals surface area contributed by atoms with E-state index < -0.39 is 5.97 Å². The zero-order valence-corrected chi connectivity index (χ0v) is 13.2. The normalized spacial score (nSPS) is 27.2. The summed E-state index contributed by atoms with van der Waals surface area (Å²) in [5.74, 6) is -0.140. The monoisotopic (exact) mass is 301 g/mol. The molecule has 2 aliphatic rings. The minimum absolute atomic E-state index is 0.0532. The van der Waals surface area contributed by atoms with E-state index >= 15 is 0 Å². The van der Waals surface area contributed by atoms with Gasteiger partial charge in [-0.1, -0.05) is 38.1 Å². The van der Waals surface area contributed by atoms with Crippen molar-refractivity contribution in [3.8, 4) is 0 Å². The number of hydrogen-bond acceptors (Lipinski definition) is 2. The molecule has 1 saturated heterocycles. The molecule has 22 heavy (non-hydrogen) atoms. The van der Waals surface area contributed by atoms with Crippen molar-refractivity contribution < 1.29 is 14.7 Å². The molecular formula is C18H23NO3. The van der Waals surface area contributed by atoms with Crippen molar-refractivity contribution >= 4 is 11.9 Å². The van der Waals surface area contributed by atoms with Gasteiger partial charge in [0.25, 0.3) is 0 Å². The van der Waals surface area contributed by atoms with Gasteiger partial charge in [0.1, 0.15) is 0 Å². The lowest BCUT2D eigenvalue weighted by Crippen LogP contribution is -2.31. The Morgan fingerprint density at radius 3 is 2.45 bits per heavy atom. The Labute approximate surface area is 131 Å². The number of carbonyl (C=O) groups is 2. The zero-order valence-electron chi connectivity index (χ0n) is 13.2. The molecule has 4 heteroatoms. The van der Waals surface area contributed by atoms with Gasteiger partial charge in [-0.25, -0.2) is 0 Å². The third kappa shape index (κ3) is 2.87. The van der Waals surface area contributed by atoms with E-state index in [-0.39, 0.29) is 17.7 Å². The van der Waals surface area contributed by atoms with E-state index in [0.717, 1.165) is 6.42 Å². The van der Waals surface area contributed by atoms with E-state index in [0.29, 0.717) is 31.3 Å². The summed E-state index contributed by atoms with van der Waals surface area (Å²) in [4.78, 5) is 25.2. The maximum atomic E-state index is 12.5. The number of aliphatic carboxylic acids is 1. The third-order valence-corrected chi connectivity index (χ3v) is 4.99. The maximum absolute atomic E-state index is 12.5. The first-order valence-corrected chi connectivity index (χ1v) is 8.09. The summed E-state index contributed by atoms with van der Waals surface area (Å²) < 4.78 is 0. The number of rotatable bonds is 4. The fraction of sp³-hybridized carbons (Fsp3) is 0.556. The predicted molar refractivity (Wildman–Crippen MR) is 83.7 cm³/mol. The van der Waals surface area contributed by atoms with E-state index in [1.165, 1.54) is 11.1 Å². The molecule has 0 aromatic heterocycles. The maximum Gasteiger partial charge on any atom is 0.308 e. The van der Waals surface area contributed by atoms with Crippen molar-refractivity contribution in [1.29, 1.82) is 0 Å². The first kappa shape index (κ1) is 15.1. The van der Waals surface area contributed by atoms with E-state index in [1.807, 2.05) is 0 Å². The molecule has 1 aromatic carbocycles. The number of hydrogen-bond donors (Lipinski definition) is 1. The van der Waals surface area contributed by atoms with Gasteiger partial charge in [0.05, 0.1) is 5.92 Å². The lowest BCUT2D eigenvalue weighted by atomic mass is 10.00. The second-order valence-corrected chi connectivity index (χ2v) is 6.88. The Balaban J connectivity index is 1.60. The van der Waals surface area contributed by atoms with Crippen molar-refractivity contribution in [2.75, 3.05) is 13.1 Å². The Morgan fingerprint density at radius 1 is 1.23 bits per heavy atom. The van der Waals surface area contributed by atoms with E-state index in [1.54, 1.807) is 4.90 Å². The van der Waals surface area contributed by atoms with Gasteiger partial charge in [0.2, 0.25) is 5.91 Å². The quantitative estimate of drug-likeness (QED) is 0.930. The minimum atomic E-state index is -0.785. The lowest BCUT2D eigenvalue weighted by Gasteiger charge is -2.16. The summed E-state index contributed by atoms with van der Waals surface area (Å²) >= 11 is 0. The summed E-state index contributed by atoms with van der Waals surface area (Å²) in [5.41, 5.74) is 2.55. The van der Waals surface area contributed by atoms with Gasteiger partial charge in [-0.05, 0) is 35.8 Å². The van der Waals surface area contributed by atoms with Crippen molar-refractivity contribution in [3.63, 3.8) is 0 Å². The summed E-state index contributed by atoms with van der Waals surface area (Å²) in [5, 5.41) is 9.03. The standard InChI is InChI=1S/C18H23NO3/c1-11(2)12-3-5-13(6-4-12)15-9-16(15)17(20)19-8-7-14(10-19)18(21)22/h3-6,11,14-16H,7-10H2,1-2H3,(H,21,22). The van der Waals surface area contributed by atoms with Crippen LogP contribution >= 0.6 is 0 Å². The highest BCUT2D eigenvalue weighted by molar-refractivity contribution is 5.84. The topological polar surface area (TPSA) is 57.6 Å². The number of benzene rings is 1. The molecule has 0 spiro atoms. The molecule has 3 unspecified atom stereocenters. The highest BCUT2D eigenvalue weighted by atomic mass is 16.4. The third-order valence-electron chi connectivity index (χ3n) is 4.99. The first-order chi connectivity index (χ1) is 10.5. The van der Waals surface area contributed by atoms with Crippen LogP contribution in [0.3, 0.4) is 0 Å². The van der Waals surface area contributed by atoms with E-state index in [4.69, 9.17) is 5.11 Å². The van der Waals surface area contributed by atoms with Crippen LogP contribution in [0.2, 0.25) is 0 Å². The molecule has 0 radical (unpaired) electrons. The Morgan fingerprint density at radius 2 is 1.91 bits per heavy atom. The number of amides is 1. The summed E-state index contributed by atoms with van der Waals surface area (Å²) in [7, 11) is 0. The van der Waals surface area contributed by atoms with Crippen LogP contribution in [-0.2, 0) is 9.59 Å². The van der Waals surface area contributed by atoms with Crippen LogP contribution in [0.15, 0.2) is 24.3 Å². The number of carboxylic acid groups (broad SMARTS) is 1. The Kier molecular flexibility index (Phi) is 3.94. The molecule has 1 saturated carbocycles.